The van der Waals surface area contributed by atoms with E-state index in [0.29, 0.717) is 18.6 Å². The predicted octanol–water partition coefficient (Wildman–Crippen LogP) is 3.27. The number of aliphatic hydroxyl groups is 2. The zero-order chi connectivity index (χ0) is 31.4. The minimum absolute atomic E-state index is 0.0117. The van der Waals surface area contributed by atoms with E-state index < -0.39 is 58.9 Å². The molecule has 13 heteroatoms. The van der Waals surface area contributed by atoms with Gasteiger partial charge >= 0.3 is 6.18 Å². The van der Waals surface area contributed by atoms with Crippen LogP contribution in [0.25, 0.3) is 0 Å². The summed E-state index contributed by atoms with van der Waals surface area (Å²) in [5, 5.41) is 22.9. The van der Waals surface area contributed by atoms with Crippen LogP contribution in [-0.2, 0) is 4.74 Å². The Labute approximate surface area is 245 Å². The Kier molecular flexibility index (Phi) is 7.83. The fourth-order valence-corrected chi connectivity index (χ4v) is 5.66. The standard InChI is InChI=1S/C30H33F4N3O6/c1-27(35)15-42-28(2)23(27)13-24(37-25(28)16-4-7-18(31)8-5-16)29(40,30(32,33)34)14-36-26(39)17-6-9-21(22(10-17)41-3)43-20-11-19(38)12-20/h4-10,13,19-20,23,38,40H,11-12,14-15,35H2,1-3H3,(H,36,39). The SMILES string of the molecule is COc1cc(C(=O)NCC(O)(C2=CC3C(C)(N)COC3(C)C(c3ccc(F)cc3)=N2)C(F)(F)F)ccc1OC1CC(O)C1. The van der Waals surface area contributed by atoms with Crippen LogP contribution in [0.15, 0.2) is 59.2 Å². The number of hydrogen-bond acceptors (Lipinski definition) is 8. The molecule has 2 aromatic rings. The molecule has 1 amide bonds. The van der Waals surface area contributed by atoms with Crippen LogP contribution in [0.3, 0.4) is 0 Å². The number of alkyl halides is 3. The number of rotatable bonds is 8. The largest absolute Gasteiger partial charge is 0.493 e. The molecule has 43 heavy (non-hydrogen) atoms. The van der Waals surface area contributed by atoms with Gasteiger partial charge in [0.05, 0.1) is 37.8 Å². The summed E-state index contributed by atoms with van der Waals surface area (Å²) in [7, 11) is 1.35. The van der Waals surface area contributed by atoms with Crippen LogP contribution in [0.1, 0.15) is 42.6 Å². The van der Waals surface area contributed by atoms with Gasteiger partial charge in [-0.2, -0.15) is 13.2 Å². The summed E-state index contributed by atoms with van der Waals surface area (Å²) in [5.74, 6) is -1.84. The van der Waals surface area contributed by atoms with E-state index in [9.17, 15) is 32.6 Å². The molecule has 0 bridgehead atoms. The molecule has 232 valence electrons. The Morgan fingerprint density at radius 1 is 1.16 bits per heavy atom. The van der Waals surface area contributed by atoms with Crippen molar-refractivity contribution < 1.29 is 46.8 Å². The fraction of sp³-hybridized carbons (Fsp3) is 0.467. The topological polar surface area (TPSA) is 136 Å². The molecular weight excluding hydrogens is 574 g/mol. The first-order valence-corrected chi connectivity index (χ1v) is 13.7. The third-order valence-electron chi connectivity index (χ3n) is 8.32. The molecule has 9 nitrogen and oxygen atoms in total. The number of aliphatic hydroxyl groups excluding tert-OH is 1. The highest BCUT2D eigenvalue weighted by Crippen LogP contribution is 2.48. The lowest BCUT2D eigenvalue weighted by Gasteiger charge is -2.41. The van der Waals surface area contributed by atoms with Crippen LogP contribution < -0.4 is 20.5 Å². The molecule has 5 rings (SSSR count). The number of nitrogens with zero attached hydrogens (tertiary/aromatic N) is 1. The lowest BCUT2D eigenvalue weighted by molar-refractivity contribution is -0.241. The summed E-state index contributed by atoms with van der Waals surface area (Å²) in [4.78, 5) is 17.3. The molecule has 1 saturated heterocycles. The zero-order valence-electron chi connectivity index (χ0n) is 23.7. The third kappa shape index (κ3) is 5.62. The molecule has 2 aliphatic heterocycles. The number of nitrogens with one attached hydrogen (secondary N) is 1. The van der Waals surface area contributed by atoms with Crippen LogP contribution in [0.5, 0.6) is 11.5 Å². The lowest BCUT2D eigenvalue weighted by atomic mass is 9.71. The van der Waals surface area contributed by atoms with Gasteiger partial charge in [-0.1, -0.05) is 18.2 Å². The zero-order valence-corrected chi connectivity index (χ0v) is 23.7. The smallest absolute Gasteiger partial charge is 0.424 e. The summed E-state index contributed by atoms with van der Waals surface area (Å²) in [6.45, 7) is 1.97. The third-order valence-corrected chi connectivity index (χ3v) is 8.32. The minimum atomic E-state index is -5.27. The van der Waals surface area contributed by atoms with Crippen molar-refractivity contribution in [2.75, 3.05) is 20.3 Å². The van der Waals surface area contributed by atoms with E-state index in [-0.39, 0.29) is 35.3 Å². The molecule has 1 saturated carbocycles. The van der Waals surface area contributed by atoms with Gasteiger partial charge in [0, 0.05) is 29.9 Å². The monoisotopic (exact) mass is 607 g/mol. The van der Waals surface area contributed by atoms with Gasteiger partial charge < -0.3 is 35.5 Å². The van der Waals surface area contributed by atoms with E-state index in [1.807, 2.05) is 0 Å². The van der Waals surface area contributed by atoms with Crippen LogP contribution in [-0.4, -0.2) is 77.2 Å². The van der Waals surface area contributed by atoms with E-state index in [4.69, 9.17) is 19.9 Å². The van der Waals surface area contributed by atoms with E-state index in [0.717, 1.165) is 18.2 Å². The van der Waals surface area contributed by atoms with Gasteiger partial charge in [-0.3, -0.25) is 9.79 Å². The van der Waals surface area contributed by atoms with Gasteiger partial charge in [-0.25, -0.2) is 4.39 Å². The molecule has 2 aromatic carbocycles. The first kappa shape index (κ1) is 30.9. The molecule has 1 aliphatic carbocycles. The highest BCUT2D eigenvalue weighted by Gasteiger charge is 2.62. The Bertz CT molecular complexity index is 1450. The maximum absolute atomic E-state index is 14.6. The summed E-state index contributed by atoms with van der Waals surface area (Å²) >= 11 is 0. The van der Waals surface area contributed by atoms with Gasteiger partial charge in [-0.05, 0) is 49.7 Å². The highest BCUT2D eigenvalue weighted by molar-refractivity contribution is 6.08. The Morgan fingerprint density at radius 3 is 2.44 bits per heavy atom. The van der Waals surface area contributed by atoms with E-state index in [1.54, 1.807) is 13.8 Å². The number of aliphatic imine (C=N–C) groups is 1. The maximum atomic E-state index is 14.6. The van der Waals surface area contributed by atoms with Gasteiger partial charge in [0.2, 0.25) is 5.60 Å². The van der Waals surface area contributed by atoms with Crippen LogP contribution in [0.2, 0.25) is 0 Å². The van der Waals surface area contributed by atoms with Crippen molar-refractivity contribution in [3.63, 3.8) is 0 Å². The maximum Gasteiger partial charge on any atom is 0.424 e. The molecular formula is C30H33F4N3O6. The molecule has 2 heterocycles. The van der Waals surface area contributed by atoms with Crippen molar-refractivity contribution in [1.82, 2.24) is 5.32 Å². The lowest BCUT2D eigenvalue weighted by Crippen LogP contribution is -2.58. The number of ether oxygens (including phenoxy) is 3. The quantitative estimate of drug-likeness (QED) is 0.339. The number of amides is 1. The summed E-state index contributed by atoms with van der Waals surface area (Å²) in [5.41, 5.74) is -0.0646. The van der Waals surface area contributed by atoms with Crippen molar-refractivity contribution in [2.24, 2.45) is 16.6 Å². The average Bonchev–Trinajstić information content (AvgIpc) is 3.18. The highest BCUT2D eigenvalue weighted by atomic mass is 19.4. The molecule has 0 aromatic heterocycles. The van der Waals surface area contributed by atoms with E-state index in [2.05, 4.69) is 10.3 Å². The second-order valence-electron chi connectivity index (χ2n) is 11.7. The summed E-state index contributed by atoms with van der Waals surface area (Å²) < 4.78 is 74.6. The van der Waals surface area contributed by atoms with Crippen LogP contribution in [0.4, 0.5) is 17.6 Å². The van der Waals surface area contributed by atoms with Gasteiger partial charge in [-0.15, -0.1) is 0 Å². The molecule has 0 radical (unpaired) electrons. The van der Waals surface area contributed by atoms with E-state index >= 15 is 0 Å². The summed E-state index contributed by atoms with van der Waals surface area (Å²) in [6, 6.07) is 9.09. The minimum Gasteiger partial charge on any atom is -0.493 e. The molecule has 4 unspecified atom stereocenters. The molecule has 5 N–H and O–H groups in total. The van der Waals surface area contributed by atoms with Crippen molar-refractivity contribution in [1.29, 1.82) is 0 Å². The van der Waals surface area contributed by atoms with Crippen LogP contribution in [0, 0.1) is 11.7 Å². The summed E-state index contributed by atoms with van der Waals surface area (Å²) in [6.07, 6.45) is -3.92. The van der Waals surface area contributed by atoms with Gasteiger partial charge in [0.15, 0.2) is 11.5 Å². The molecule has 2 fully saturated rings. The number of hydrogen-bond donors (Lipinski definition) is 4. The van der Waals surface area contributed by atoms with Gasteiger partial charge in [0.25, 0.3) is 5.91 Å². The normalized spacial score (nSPS) is 29.9. The van der Waals surface area contributed by atoms with Gasteiger partial charge in [0.1, 0.15) is 17.5 Å². The average molecular weight is 608 g/mol. The van der Waals surface area contributed by atoms with Crippen molar-refractivity contribution >= 4 is 11.6 Å². The molecule has 4 atom stereocenters. The first-order valence-electron chi connectivity index (χ1n) is 13.7. The number of fused-ring (bicyclic) bond motifs is 1. The predicted molar refractivity (Wildman–Crippen MR) is 147 cm³/mol. The van der Waals surface area contributed by atoms with Crippen molar-refractivity contribution in [2.45, 2.75) is 61.8 Å². The Balaban J connectivity index is 1.45. The van der Waals surface area contributed by atoms with E-state index in [1.165, 1.54) is 37.4 Å². The number of carbonyl (C=O) groups is 1. The fourth-order valence-electron chi connectivity index (χ4n) is 5.66. The number of halogens is 4. The molecule has 0 spiro atoms. The number of benzene rings is 2. The van der Waals surface area contributed by atoms with Crippen molar-refractivity contribution in [3.05, 3.63) is 71.2 Å². The van der Waals surface area contributed by atoms with Crippen molar-refractivity contribution in [3.8, 4) is 11.5 Å². The Hall–Kier alpha value is -3.52. The number of methoxy groups -OCH3 is 1. The van der Waals surface area contributed by atoms with Crippen LogP contribution >= 0.6 is 0 Å². The second-order valence-corrected chi connectivity index (χ2v) is 11.7. The second kappa shape index (κ2) is 10.9. The number of carbonyl (C=O) groups excluding carboxylic acids is 1. The molecule has 3 aliphatic rings. The number of nitrogens with two attached hydrogens (primary N) is 1. The Morgan fingerprint density at radius 2 is 1.84 bits per heavy atom. The first-order chi connectivity index (χ1) is 20.1.